The van der Waals surface area contributed by atoms with Gasteiger partial charge in [0.2, 0.25) is 17.8 Å². The minimum absolute atomic E-state index is 0.290. The Morgan fingerprint density at radius 1 is 0.960 bits per heavy atom. The molecule has 0 saturated heterocycles. The maximum absolute atomic E-state index is 5.96. The lowest BCUT2D eigenvalue weighted by Gasteiger charge is -2.34. The first-order valence-corrected chi connectivity index (χ1v) is 9.69. The third-order valence-corrected chi connectivity index (χ3v) is 5.67. The number of hydrogen-bond acceptors (Lipinski definition) is 7. The van der Waals surface area contributed by atoms with Crippen LogP contribution < -0.4 is 16.0 Å². The molecule has 0 aliphatic heterocycles. The summed E-state index contributed by atoms with van der Waals surface area (Å²) in [4.78, 5) is 15.5. The lowest BCUT2D eigenvalue weighted by atomic mass is 9.92. The van der Waals surface area contributed by atoms with Crippen LogP contribution in [0.25, 0.3) is 0 Å². The first-order valence-electron chi connectivity index (χ1n) is 9.69. The Morgan fingerprint density at radius 3 is 2.28 bits per heavy atom. The second-order valence-corrected chi connectivity index (χ2v) is 7.43. The van der Waals surface area contributed by atoms with Crippen molar-refractivity contribution in [2.75, 3.05) is 30.1 Å². The fourth-order valence-corrected chi connectivity index (χ4v) is 4.04. The van der Waals surface area contributed by atoms with Crippen molar-refractivity contribution in [1.82, 2.24) is 15.0 Å². The van der Waals surface area contributed by atoms with Gasteiger partial charge in [0.25, 0.3) is 0 Å². The van der Waals surface area contributed by atoms with Crippen molar-refractivity contribution in [2.24, 2.45) is 0 Å². The molecule has 0 radical (unpaired) electrons. The largest absolute Gasteiger partial charge is 0.381 e. The number of anilines is 3. The molecule has 0 atom stereocenters. The molecule has 7 nitrogen and oxygen atoms in total. The molecule has 0 amide bonds. The maximum atomic E-state index is 5.96. The number of aromatic nitrogens is 3. The number of ether oxygens (including phenoxy) is 1. The number of rotatable bonds is 5. The number of nitrogens with two attached hydrogens (primary N) is 1. The van der Waals surface area contributed by atoms with Gasteiger partial charge in [0.15, 0.2) is 0 Å². The second kappa shape index (κ2) is 8.65. The molecule has 7 heteroatoms. The molecule has 1 aromatic heterocycles. The Morgan fingerprint density at radius 2 is 1.64 bits per heavy atom. The van der Waals surface area contributed by atoms with Crippen LogP contribution in [0.4, 0.5) is 17.8 Å². The van der Waals surface area contributed by atoms with Crippen LogP contribution in [0, 0.1) is 0 Å². The monoisotopic (exact) mass is 348 g/mol. The van der Waals surface area contributed by atoms with Gasteiger partial charge in [-0.25, -0.2) is 0 Å². The molecule has 3 rings (SSSR count). The van der Waals surface area contributed by atoms with E-state index in [1.54, 1.807) is 7.11 Å². The predicted octanol–water partition coefficient (Wildman–Crippen LogP) is 2.98. The molecule has 2 aliphatic rings. The van der Waals surface area contributed by atoms with Crippen LogP contribution in [0.15, 0.2) is 0 Å². The van der Waals surface area contributed by atoms with Crippen LogP contribution in [0.3, 0.4) is 0 Å². The average Bonchev–Trinajstić information content (AvgIpc) is 2.89. The molecule has 2 saturated carbocycles. The zero-order valence-electron chi connectivity index (χ0n) is 15.6. The van der Waals surface area contributed by atoms with Crippen molar-refractivity contribution in [1.29, 1.82) is 0 Å². The highest BCUT2D eigenvalue weighted by Gasteiger charge is 2.26. The zero-order valence-corrected chi connectivity index (χ0v) is 15.6. The third-order valence-electron chi connectivity index (χ3n) is 5.67. The van der Waals surface area contributed by atoms with Gasteiger partial charge in [-0.05, 0) is 38.5 Å². The average molecular weight is 348 g/mol. The van der Waals surface area contributed by atoms with Crippen LogP contribution in [0.5, 0.6) is 0 Å². The zero-order chi connectivity index (χ0) is 17.6. The summed E-state index contributed by atoms with van der Waals surface area (Å²) in [5.41, 5.74) is 5.96. The standard InChI is InChI=1S/C18H32N6O/c1-24(14-9-11-15(25-2)12-10-14)18-22-16(19)21-17(23-18)20-13-7-5-3-4-6-8-13/h13-15H,3-12H2,1-2H3,(H3,19,20,21,22,23). The minimum Gasteiger partial charge on any atom is -0.381 e. The molecule has 2 fully saturated rings. The maximum Gasteiger partial charge on any atom is 0.231 e. The van der Waals surface area contributed by atoms with Crippen LogP contribution in [-0.2, 0) is 4.74 Å². The molecule has 0 aromatic carbocycles. The SMILES string of the molecule is COC1CCC(N(C)c2nc(N)nc(NC3CCCCCC3)n2)CC1. The molecule has 1 aromatic rings. The molecular weight excluding hydrogens is 316 g/mol. The Hall–Kier alpha value is -1.63. The summed E-state index contributed by atoms with van der Waals surface area (Å²) in [6, 6.07) is 0.874. The highest BCUT2D eigenvalue weighted by molar-refractivity contribution is 5.42. The summed E-state index contributed by atoms with van der Waals surface area (Å²) in [6.45, 7) is 0. The van der Waals surface area contributed by atoms with Gasteiger partial charge in [0.05, 0.1) is 6.10 Å². The Bertz CT molecular complexity index is 538. The first kappa shape index (κ1) is 18.2. The van der Waals surface area contributed by atoms with Crippen molar-refractivity contribution in [2.45, 2.75) is 82.4 Å². The lowest BCUT2D eigenvalue weighted by Crippen LogP contribution is -2.38. The summed E-state index contributed by atoms with van der Waals surface area (Å²) < 4.78 is 5.47. The van der Waals surface area contributed by atoms with Gasteiger partial charge in [-0.2, -0.15) is 15.0 Å². The molecule has 25 heavy (non-hydrogen) atoms. The van der Waals surface area contributed by atoms with E-state index in [1.807, 2.05) is 0 Å². The molecule has 0 spiro atoms. The van der Waals surface area contributed by atoms with E-state index in [0.29, 0.717) is 36.0 Å². The van der Waals surface area contributed by atoms with E-state index in [9.17, 15) is 0 Å². The van der Waals surface area contributed by atoms with E-state index in [2.05, 4.69) is 32.2 Å². The number of hydrogen-bond donors (Lipinski definition) is 2. The summed E-state index contributed by atoms with van der Waals surface area (Å²) in [7, 11) is 3.86. The van der Waals surface area contributed by atoms with Gasteiger partial charge in [0, 0.05) is 26.2 Å². The minimum atomic E-state index is 0.290. The van der Waals surface area contributed by atoms with Crippen molar-refractivity contribution in [3.8, 4) is 0 Å². The lowest BCUT2D eigenvalue weighted by molar-refractivity contribution is 0.0659. The molecule has 140 valence electrons. The van der Waals surface area contributed by atoms with E-state index < -0.39 is 0 Å². The highest BCUT2D eigenvalue weighted by atomic mass is 16.5. The van der Waals surface area contributed by atoms with Crippen molar-refractivity contribution >= 4 is 17.8 Å². The topological polar surface area (TPSA) is 89.2 Å². The number of nitrogens with zero attached hydrogens (tertiary/aromatic N) is 4. The Balaban J connectivity index is 1.66. The molecule has 1 heterocycles. The molecule has 0 unspecified atom stereocenters. The van der Waals surface area contributed by atoms with E-state index in [-0.39, 0.29) is 0 Å². The highest BCUT2D eigenvalue weighted by Crippen LogP contribution is 2.27. The number of nitrogens with one attached hydrogen (secondary N) is 1. The van der Waals surface area contributed by atoms with E-state index in [0.717, 1.165) is 25.7 Å². The second-order valence-electron chi connectivity index (χ2n) is 7.43. The van der Waals surface area contributed by atoms with Crippen LogP contribution in [0.1, 0.15) is 64.2 Å². The van der Waals surface area contributed by atoms with Crippen LogP contribution >= 0.6 is 0 Å². The summed E-state index contributed by atoms with van der Waals surface area (Å²) in [6.07, 6.45) is 12.3. The van der Waals surface area contributed by atoms with E-state index >= 15 is 0 Å². The molecule has 3 N–H and O–H groups in total. The number of methoxy groups -OCH3 is 1. The summed E-state index contributed by atoms with van der Waals surface area (Å²) >= 11 is 0. The summed E-state index contributed by atoms with van der Waals surface area (Å²) in [5, 5.41) is 3.49. The van der Waals surface area contributed by atoms with Gasteiger partial charge in [-0.15, -0.1) is 0 Å². The van der Waals surface area contributed by atoms with Gasteiger partial charge in [0.1, 0.15) is 0 Å². The molecule has 0 bridgehead atoms. The summed E-state index contributed by atoms with van der Waals surface area (Å²) in [5.74, 6) is 1.58. The van der Waals surface area contributed by atoms with Crippen molar-refractivity contribution in [3.63, 3.8) is 0 Å². The van der Waals surface area contributed by atoms with Crippen molar-refractivity contribution < 1.29 is 4.74 Å². The normalized spacial score (nSPS) is 25.4. The van der Waals surface area contributed by atoms with Gasteiger partial charge in [-0.3, -0.25) is 0 Å². The predicted molar refractivity (Wildman–Crippen MR) is 101 cm³/mol. The molecular formula is C18H32N6O. The number of nitrogen functional groups attached to an aromatic ring is 1. The van der Waals surface area contributed by atoms with Crippen LogP contribution in [-0.4, -0.2) is 47.3 Å². The van der Waals surface area contributed by atoms with E-state index in [1.165, 1.54) is 38.5 Å². The van der Waals surface area contributed by atoms with Crippen molar-refractivity contribution in [3.05, 3.63) is 0 Å². The van der Waals surface area contributed by atoms with E-state index in [4.69, 9.17) is 10.5 Å². The Labute approximate surface area is 150 Å². The quantitative estimate of drug-likeness (QED) is 0.791. The molecule has 2 aliphatic carbocycles. The van der Waals surface area contributed by atoms with Crippen LogP contribution in [0.2, 0.25) is 0 Å². The van der Waals surface area contributed by atoms with Gasteiger partial charge >= 0.3 is 0 Å². The first-order chi connectivity index (χ1) is 12.2. The van der Waals surface area contributed by atoms with Gasteiger partial charge in [-0.1, -0.05) is 25.7 Å². The van der Waals surface area contributed by atoms with Gasteiger partial charge < -0.3 is 20.7 Å². The third kappa shape index (κ3) is 4.93. The smallest absolute Gasteiger partial charge is 0.231 e. The Kier molecular flexibility index (Phi) is 6.29. The fourth-order valence-electron chi connectivity index (χ4n) is 4.04. The fraction of sp³-hybridized carbons (Fsp3) is 0.833.